The first-order valence-corrected chi connectivity index (χ1v) is 12.4. The molecule has 1 aromatic rings. The minimum atomic E-state index is -1.55. The highest BCUT2D eigenvalue weighted by Crippen LogP contribution is 2.26. The van der Waals surface area contributed by atoms with Crippen LogP contribution in [0.15, 0.2) is 18.2 Å². The number of aromatic hydroxyl groups is 1. The number of nitrogens with one attached hydrogen (secondary N) is 1. The van der Waals surface area contributed by atoms with Gasteiger partial charge in [-0.1, -0.05) is 33.8 Å². The zero-order valence-corrected chi connectivity index (χ0v) is 22.4. The lowest BCUT2D eigenvalue weighted by atomic mass is 10.0. The van der Waals surface area contributed by atoms with E-state index in [0.717, 1.165) is 0 Å². The number of ether oxygens (including phenoxy) is 4. The highest BCUT2D eigenvalue weighted by molar-refractivity contribution is 6.00. The molecule has 11 nitrogen and oxygen atoms in total. The number of carbonyl (C=O) groups is 4. The summed E-state index contributed by atoms with van der Waals surface area (Å²) in [5.74, 6) is -4.40. The number of hydrogen-bond acceptors (Lipinski definition) is 10. The van der Waals surface area contributed by atoms with E-state index in [2.05, 4.69) is 5.32 Å². The fourth-order valence-electron chi connectivity index (χ4n) is 3.60. The first-order valence-electron chi connectivity index (χ1n) is 12.4. The third-order valence-electron chi connectivity index (χ3n) is 6.08. The summed E-state index contributed by atoms with van der Waals surface area (Å²) in [6.45, 7) is 11.6. The number of phenolic OH excluding ortho intramolecular Hbond substituents is 1. The fourth-order valence-corrected chi connectivity index (χ4v) is 3.60. The lowest BCUT2D eigenvalue weighted by Gasteiger charge is -2.34. The number of phenols is 1. The first-order chi connectivity index (χ1) is 17.2. The Morgan fingerprint density at radius 2 is 1.76 bits per heavy atom. The maximum atomic E-state index is 13.3. The Kier molecular flexibility index (Phi) is 9.91. The average Bonchev–Trinajstić information content (AvgIpc) is 2.80. The molecule has 1 heterocycles. The molecule has 0 radical (unpaired) electrons. The van der Waals surface area contributed by atoms with Crippen LogP contribution in [0.2, 0.25) is 0 Å². The topological polar surface area (TPSA) is 163 Å². The largest absolute Gasteiger partial charge is 0.505 e. The van der Waals surface area contributed by atoms with Gasteiger partial charge in [0.2, 0.25) is 12.4 Å². The number of para-hydroxylation sites is 1. The summed E-state index contributed by atoms with van der Waals surface area (Å²) in [6, 6.07) is 2.63. The molecule has 0 spiro atoms. The highest BCUT2D eigenvalue weighted by atomic mass is 16.7. The molecule has 5 atom stereocenters. The Bertz CT molecular complexity index is 1010. The summed E-state index contributed by atoms with van der Waals surface area (Å²) in [4.78, 5) is 52.4. The molecule has 0 saturated carbocycles. The van der Waals surface area contributed by atoms with E-state index < -0.39 is 65.6 Å². The van der Waals surface area contributed by atoms with Gasteiger partial charge in [0.15, 0.2) is 17.4 Å². The van der Waals surface area contributed by atoms with E-state index >= 15 is 0 Å². The van der Waals surface area contributed by atoms with Gasteiger partial charge in [0.1, 0.15) is 6.10 Å². The van der Waals surface area contributed by atoms with Gasteiger partial charge in [0.05, 0.1) is 11.3 Å². The zero-order valence-electron chi connectivity index (χ0n) is 22.4. The van der Waals surface area contributed by atoms with Crippen LogP contribution in [0.25, 0.3) is 0 Å². The normalized spacial score (nSPS) is 25.7. The number of benzene rings is 1. The third kappa shape index (κ3) is 7.58. The van der Waals surface area contributed by atoms with Crippen molar-refractivity contribution in [2.45, 2.75) is 91.4 Å². The van der Waals surface area contributed by atoms with Crippen LogP contribution in [0.4, 0.5) is 5.69 Å². The summed E-state index contributed by atoms with van der Waals surface area (Å²) >= 11 is 0. The number of amides is 1. The van der Waals surface area contributed by atoms with E-state index in [0.29, 0.717) is 12.8 Å². The van der Waals surface area contributed by atoms with Crippen LogP contribution >= 0.6 is 0 Å². The minimum absolute atomic E-state index is 0.0391. The van der Waals surface area contributed by atoms with Crippen molar-refractivity contribution in [1.29, 1.82) is 0 Å². The van der Waals surface area contributed by atoms with Crippen LogP contribution in [0.1, 0.15) is 71.7 Å². The van der Waals surface area contributed by atoms with Gasteiger partial charge >= 0.3 is 17.9 Å². The smallest absolute Gasteiger partial charge is 0.350 e. The van der Waals surface area contributed by atoms with Crippen molar-refractivity contribution in [2.24, 2.45) is 11.8 Å². The molecule has 1 saturated heterocycles. The van der Waals surface area contributed by atoms with Crippen molar-refractivity contribution in [3.05, 3.63) is 23.8 Å². The summed E-state index contributed by atoms with van der Waals surface area (Å²) < 4.78 is 22.5. The number of carbonyl (C=O) groups excluding carboxylic acids is 4. The van der Waals surface area contributed by atoms with Gasteiger partial charge in [0.25, 0.3) is 5.91 Å². The molecule has 206 valence electrons. The zero-order chi connectivity index (χ0) is 28.1. The molecule has 3 unspecified atom stereocenters. The molecule has 1 fully saturated rings. The quantitative estimate of drug-likeness (QED) is 0.219. The fraction of sp³-hybridized carbons (Fsp3) is 0.615. The molecule has 37 heavy (non-hydrogen) atoms. The standard InChI is InChI=1S/C26H38N2O9/c1-8-14(4)21-24(32)35-18(12-13(2)3)37-26(6,7)25(33)34-15(5)19(23(31)36-21)28-22(30)16-10-9-11-17(27)20(16)29/h9-11,13-15,18-19,21,29H,8,12,27H2,1-7H3,(H,28,30)/t14?,15-,18?,19-,21?/m0/s1. The Balaban J connectivity index is 2.47. The highest BCUT2D eigenvalue weighted by Gasteiger charge is 2.43. The molecule has 4 N–H and O–H groups in total. The molecule has 0 aliphatic carbocycles. The molecule has 0 aromatic heterocycles. The SMILES string of the molecule is CCC(C)C1OC(=O)[C@@H](NC(=O)c2cccc(N)c2O)[C@H](C)OC(=O)C(C)(C)OC(CC(C)C)OC1=O. The lowest BCUT2D eigenvalue weighted by Crippen LogP contribution is -2.54. The van der Waals surface area contributed by atoms with E-state index in [9.17, 15) is 24.3 Å². The van der Waals surface area contributed by atoms with Crippen LogP contribution in [-0.2, 0) is 33.3 Å². The molecule has 1 aliphatic rings. The van der Waals surface area contributed by atoms with Gasteiger partial charge < -0.3 is 35.1 Å². The van der Waals surface area contributed by atoms with E-state index in [1.54, 1.807) is 6.92 Å². The maximum Gasteiger partial charge on any atom is 0.350 e. The Morgan fingerprint density at radius 1 is 1.11 bits per heavy atom. The molecule has 2 rings (SSSR count). The van der Waals surface area contributed by atoms with E-state index in [4.69, 9.17) is 24.7 Å². The predicted octanol–water partition coefficient (Wildman–Crippen LogP) is 2.69. The van der Waals surface area contributed by atoms with Crippen molar-refractivity contribution >= 4 is 29.5 Å². The molecule has 0 bridgehead atoms. The van der Waals surface area contributed by atoms with Gasteiger partial charge in [-0.15, -0.1) is 0 Å². The van der Waals surface area contributed by atoms with Gasteiger partial charge in [-0.05, 0) is 45.2 Å². The van der Waals surface area contributed by atoms with Crippen molar-refractivity contribution in [2.75, 3.05) is 5.73 Å². The number of nitrogen functional groups attached to an aromatic ring is 1. The molecular weight excluding hydrogens is 484 g/mol. The van der Waals surface area contributed by atoms with Gasteiger partial charge in [-0.25, -0.2) is 14.4 Å². The third-order valence-corrected chi connectivity index (χ3v) is 6.08. The second kappa shape index (κ2) is 12.3. The van der Waals surface area contributed by atoms with Crippen LogP contribution in [-0.4, -0.2) is 59.1 Å². The van der Waals surface area contributed by atoms with Crippen LogP contribution in [0.5, 0.6) is 5.75 Å². The van der Waals surface area contributed by atoms with E-state index in [-0.39, 0.29) is 17.2 Å². The monoisotopic (exact) mass is 522 g/mol. The van der Waals surface area contributed by atoms with Crippen molar-refractivity contribution in [1.82, 2.24) is 5.32 Å². The number of esters is 3. The Labute approximate surface area is 217 Å². The van der Waals surface area contributed by atoms with Crippen molar-refractivity contribution < 1.29 is 43.2 Å². The molecule has 1 amide bonds. The van der Waals surface area contributed by atoms with Crippen LogP contribution in [0.3, 0.4) is 0 Å². The van der Waals surface area contributed by atoms with Gasteiger partial charge in [-0.3, -0.25) is 4.79 Å². The number of hydrogen-bond donors (Lipinski definition) is 3. The average molecular weight is 523 g/mol. The van der Waals surface area contributed by atoms with Crippen molar-refractivity contribution in [3.8, 4) is 5.75 Å². The first kappa shape index (κ1) is 29.9. The van der Waals surface area contributed by atoms with Crippen LogP contribution in [0, 0.1) is 11.8 Å². The van der Waals surface area contributed by atoms with Gasteiger partial charge in [-0.2, -0.15) is 0 Å². The summed E-state index contributed by atoms with van der Waals surface area (Å²) in [5, 5.41) is 12.6. The summed E-state index contributed by atoms with van der Waals surface area (Å²) in [5.41, 5.74) is 3.89. The molecule has 11 heteroatoms. The minimum Gasteiger partial charge on any atom is -0.505 e. The van der Waals surface area contributed by atoms with Crippen molar-refractivity contribution in [3.63, 3.8) is 0 Å². The summed E-state index contributed by atoms with van der Waals surface area (Å²) in [7, 11) is 0. The Morgan fingerprint density at radius 3 is 2.35 bits per heavy atom. The molecule has 1 aromatic carbocycles. The Hall–Kier alpha value is -3.34. The number of rotatable bonds is 6. The second-order valence-corrected chi connectivity index (χ2v) is 10.2. The maximum absolute atomic E-state index is 13.3. The van der Waals surface area contributed by atoms with E-state index in [1.807, 2.05) is 20.8 Å². The predicted molar refractivity (Wildman–Crippen MR) is 133 cm³/mol. The lowest BCUT2D eigenvalue weighted by molar-refractivity contribution is -0.232. The molecule has 1 aliphatic heterocycles. The second-order valence-electron chi connectivity index (χ2n) is 10.2. The van der Waals surface area contributed by atoms with Gasteiger partial charge in [0, 0.05) is 12.3 Å². The van der Waals surface area contributed by atoms with Crippen LogP contribution < -0.4 is 11.1 Å². The number of anilines is 1. The van der Waals surface area contributed by atoms with E-state index in [1.165, 1.54) is 39.0 Å². The molecular formula is C26H38N2O9. The number of cyclic esters (lactones) is 3. The summed E-state index contributed by atoms with van der Waals surface area (Å²) in [6.07, 6.45) is -2.85. The number of nitrogens with two attached hydrogens (primary N) is 1.